The summed E-state index contributed by atoms with van der Waals surface area (Å²) in [4.78, 5) is 24.8. The van der Waals surface area contributed by atoms with Crippen LogP contribution >= 0.6 is 22.6 Å². The van der Waals surface area contributed by atoms with E-state index in [4.69, 9.17) is 0 Å². The SMILES string of the molecule is Cc1cc(/C=N\N2C(=O)c3ccccc3C2=O)c(C)n1-c1ccc(I)cc1. The lowest BCUT2D eigenvalue weighted by molar-refractivity contribution is 0.0660. The highest BCUT2D eigenvalue weighted by Crippen LogP contribution is 2.24. The number of hydrogen-bond donors (Lipinski definition) is 0. The van der Waals surface area contributed by atoms with Gasteiger partial charge in [-0.15, -0.1) is 0 Å². The van der Waals surface area contributed by atoms with E-state index in [1.807, 2.05) is 19.9 Å². The predicted molar refractivity (Wildman–Crippen MR) is 112 cm³/mol. The minimum atomic E-state index is -0.390. The summed E-state index contributed by atoms with van der Waals surface area (Å²) in [5.41, 5.74) is 4.76. The van der Waals surface area contributed by atoms with Crippen molar-refractivity contribution in [2.75, 3.05) is 0 Å². The summed E-state index contributed by atoms with van der Waals surface area (Å²) in [6, 6.07) is 17.0. The van der Waals surface area contributed by atoms with Crippen LogP contribution in [-0.4, -0.2) is 27.6 Å². The topological polar surface area (TPSA) is 54.7 Å². The Kier molecular flexibility index (Phi) is 4.43. The second-order valence-electron chi connectivity index (χ2n) is 6.35. The molecule has 1 aliphatic rings. The Hall–Kier alpha value is -2.74. The Morgan fingerprint density at radius 1 is 0.926 bits per heavy atom. The molecule has 1 aromatic heterocycles. The third-order valence-electron chi connectivity index (χ3n) is 4.64. The van der Waals surface area contributed by atoms with Gasteiger partial charge in [0.2, 0.25) is 0 Å². The van der Waals surface area contributed by atoms with E-state index in [0.29, 0.717) is 11.1 Å². The van der Waals surface area contributed by atoms with E-state index in [1.165, 1.54) is 3.57 Å². The molecule has 0 aliphatic carbocycles. The van der Waals surface area contributed by atoms with Crippen LogP contribution in [-0.2, 0) is 0 Å². The summed E-state index contributed by atoms with van der Waals surface area (Å²) in [7, 11) is 0. The third-order valence-corrected chi connectivity index (χ3v) is 5.36. The molecule has 2 heterocycles. The van der Waals surface area contributed by atoms with E-state index >= 15 is 0 Å². The molecule has 0 N–H and O–H groups in total. The quantitative estimate of drug-likeness (QED) is 0.326. The number of nitrogens with zero attached hydrogens (tertiary/aromatic N) is 3. The lowest BCUT2D eigenvalue weighted by Crippen LogP contribution is -2.24. The highest BCUT2D eigenvalue weighted by Gasteiger charge is 2.35. The standard InChI is InChI=1S/C21H16IN3O2/c1-13-11-15(14(2)24(13)17-9-7-16(22)8-10-17)12-23-25-20(26)18-5-3-4-6-19(18)21(25)27/h3-12H,1-2H3/b23-12-. The van der Waals surface area contributed by atoms with E-state index < -0.39 is 11.8 Å². The largest absolute Gasteiger partial charge is 0.318 e. The average molecular weight is 469 g/mol. The zero-order valence-electron chi connectivity index (χ0n) is 14.8. The molecule has 0 spiro atoms. The van der Waals surface area contributed by atoms with Crippen molar-refractivity contribution in [3.63, 3.8) is 0 Å². The van der Waals surface area contributed by atoms with E-state index in [2.05, 4.69) is 56.5 Å². The molecule has 4 rings (SSSR count). The van der Waals surface area contributed by atoms with Crippen molar-refractivity contribution in [3.05, 3.63) is 86.2 Å². The van der Waals surface area contributed by atoms with Crippen LogP contribution in [0.5, 0.6) is 0 Å². The van der Waals surface area contributed by atoms with Crippen LogP contribution in [0, 0.1) is 17.4 Å². The fraction of sp³-hybridized carbons (Fsp3) is 0.0952. The lowest BCUT2D eigenvalue weighted by atomic mass is 10.1. The van der Waals surface area contributed by atoms with E-state index in [1.54, 1.807) is 30.5 Å². The summed E-state index contributed by atoms with van der Waals surface area (Å²) < 4.78 is 3.30. The first-order chi connectivity index (χ1) is 13.0. The summed E-state index contributed by atoms with van der Waals surface area (Å²) in [5.74, 6) is -0.781. The van der Waals surface area contributed by atoms with Gasteiger partial charge in [0.25, 0.3) is 11.8 Å². The summed E-state index contributed by atoms with van der Waals surface area (Å²) in [5, 5.41) is 5.12. The maximum absolute atomic E-state index is 12.4. The minimum Gasteiger partial charge on any atom is -0.318 e. The molecule has 0 saturated carbocycles. The first kappa shape index (κ1) is 17.7. The number of rotatable bonds is 3. The molecule has 134 valence electrons. The zero-order chi connectivity index (χ0) is 19.1. The number of aromatic nitrogens is 1. The molecule has 0 fully saturated rings. The van der Waals surface area contributed by atoms with Gasteiger partial charge in [-0.05, 0) is 78.9 Å². The summed E-state index contributed by atoms with van der Waals surface area (Å²) >= 11 is 2.28. The molecule has 0 unspecified atom stereocenters. The number of carbonyl (C=O) groups is 2. The highest BCUT2D eigenvalue weighted by atomic mass is 127. The Bertz CT molecular complexity index is 1060. The molecular formula is C21H16IN3O2. The smallest absolute Gasteiger partial charge is 0.282 e. The van der Waals surface area contributed by atoms with Gasteiger partial charge in [-0.25, -0.2) is 0 Å². The van der Waals surface area contributed by atoms with Gasteiger partial charge in [0.15, 0.2) is 0 Å². The van der Waals surface area contributed by atoms with E-state index in [0.717, 1.165) is 27.6 Å². The molecule has 1 aliphatic heterocycles. The predicted octanol–water partition coefficient (Wildman–Crippen LogP) is 4.33. The van der Waals surface area contributed by atoms with Gasteiger partial charge >= 0.3 is 0 Å². The number of aryl methyl sites for hydroxylation is 1. The maximum atomic E-state index is 12.4. The Morgan fingerprint density at radius 2 is 1.52 bits per heavy atom. The normalized spacial score (nSPS) is 13.7. The maximum Gasteiger partial charge on any atom is 0.282 e. The Balaban J connectivity index is 1.66. The number of hydrogen-bond acceptors (Lipinski definition) is 3. The summed E-state index contributed by atoms with van der Waals surface area (Å²) in [6.45, 7) is 4.01. The van der Waals surface area contributed by atoms with Crippen LogP contribution in [0.2, 0.25) is 0 Å². The molecule has 0 radical (unpaired) electrons. The zero-order valence-corrected chi connectivity index (χ0v) is 17.0. The third kappa shape index (κ3) is 2.99. The number of carbonyl (C=O) groups excluding carboxylic acids is 2. The van der Waals surface area contributed by atoms with Crippen molar-refractivity contribution in [1.82, 2.24) is 9.58 Å². The molecule has 2 aromatic carbocycles. The van der Waals surface area contributed by atoms with Crippen LogP contribution in [0.1, 0.15) is 37.7 Å². The van der Waals surface area contributed by atoms with Crippen molar-refractivity contribution < 1.29 is 9.59 Å². The van der Waals surface area contributed by atoms with Crippen molar-refractivity contribution in [2.45, 2.75) is 13.8 Å². The monoisotopic (exact) mass is 469 g/mol. The molecule has 3 aromatic rings. The highest BCUT2D eigenvalue weighted by molar-refractivity contribution is 14.1. The molecule has 0 saturated heterocycles. The molecular weight excluding hydrogens is 453 g/mol. The van der Waals surface area contributed by atoms with Gasteiger partial charge in [-0.3, -0.25) is 9.59 Å². The Morgan fingerprint density at radius 3 is 2.11 bits per heavy atom. The number of hydrazone groups is 1. The van der Waals surface area contributed by atoms with Crippen molar-refractivity contribution >= 4 is 40.6 Å². The van der Waals surface area contributed by atoms with Crippen LogP contribution in [0.25, 0.3) is 5.69 Å². The first-order valence-corrected chi connectivity index (χ1v) is 9.52. The van der Waals surface area contributed by atoms with E-state index in [-0.39, 0.29) is 0 Å². The van der Waals surface area contributed by atoms with Crippen LogP contribution < -0.4 is 0 Å². The van der Waals surface area contributed by atoms with Gasteiger partial charge < -0.3 is 4.57 Å². The molecule has 27 heavy (non-hydrogen) atoms. The fourth-order valence-corrected chi connectivity index (χ4v) is 3.67. The Labute approximate surface area is 170 Å². The summed E-state index contributed by atoms with van der Waals surface area (Å²) in [6.07, 6.45) is 1.58. The van der Waals surface area contributed by atoms with E-state index in [9.17, 15) is 9.59 Å². The molecule has 0 bridgehead atoms. The molecule has 5 nitrogen and oxygen atoms in total. The van der Waals surface area contributed by atoms with Gasteiger partial charge in [0.05, 0.1) is 17.3 Å². The van der Waals surface area contributed by atoms with Crippen LogP contribution in [0.3, 0.4) is 0 Å². The van der Waals surface area contributed by atoms with Gasteiger partial charge in [0, 0.05) is 26.2 Å². The number of benzene rings is 2. The number of amides is 2. The van der Waals surface area contributed by atoms with Crippen molar-refractivity contribution in [3.8, 4) is 5.69 Å². The second-order valence-corrected chi connectivity index (χ2v) is 7.60. The second kappa shape index (κ2) is 6.77. The number of imide groups is 1. The van der Waals surface area contributed by atoms with Crippen LogP contribution in [0.4, 0.5) is 0 Å². The lowest BCUT2D eigenvalue weighted by Gasteiger charge is -2.10. The molecule has 2 amide bonds. The first-order valence-electron chi connectivity index (χ1n) is 8.44. The van der Waals surface area contributed by atoms with Gasteiger partial charge in [-0.2, -0.15) is 10.1 Å². The molecule has 0 atom stereocenters. The number of fused-ring (bicyclic) bond motifs is 1. The van der Waals surface area contributed by atoms with Gasteiger partial charge in [-0.1, -0.05) is 12.1 Å². The molecule has 6 heteroatoms. The number of halogens is 1. The minimum absolute atomic E-state index is 0.390. The van der Waals surface area contributed by atoms with Crippen LogP contribution in [0.15, 0.2) is 59.7 Å². The van der Waals surface area contributed by atoms with Crippen molar-refractivity contribution in [1.29, 1.82) is 0 Å². The van der Waals surface area contributed by atoms with Crippen molar-refractivity contribution in [2.24, 2.45) is 5.10 Å². The fourth-order valence-electron chi connectivity index (χ4n) is 3.31. The van der Waals surface area contributed by atoms with Gasteiger partial charge in [0.1, 0.15) is 0 Å². The average Bonchev–Trinajstić information content (AvgIpc) is 3.08.